The molecule has 0 unspecified atom stereocenters. The van der Waals surface area contributed by atoms with Crippen molar-refractivity contribution < 1.29 is 18.7 Å². The van der Waals surface area contributed by atoms with Crippen molar-refractivity contribution in [2.75, 3.05) is 24.6 Å². The minimum Gasteiger partial charge on any atom is -0.493 e. The molecule has 0 bridgehead atoms. The van der Waals surface area contributed by atoms with Gasteiger partial charge in [-0.15, -0.1) is 0 Å². The van der Waals surface area contributed by atoms with E-state index >= 15 is 0 Å². The Morgan fingerprint density at radius 2 is 1.64 bits per heavy atom. The molecule has 0 amide bonds. The lowest BCUT2D eigenvalue weighted by atomic mass is 9.90. The number of carbonyl (C=O) groups is 1. The normalized spacial score (nSPS) is 16.0. The van der Waals surface area contributed by atoms with Crippen molar-refractivity contribution in [2.45, 2.75) is 72.3 Å². The fraction of sp³-hybridized carbons (Fsp3) is 0.455. The van der Waals surface area contributed by atoms with Gasteiger partial charge in [0, 0.05) is 42.0 Å². The van der Waals surface area contributed by atoms with Crippen LogP contribution in [0.1, 0.15) is 62.0 Å². The van der Waals surface area contributed by atoms with E-state index in [4.69, 9.17) is 14.5 Å². The number of halogens is 1. The third-order valence-corrected chi connectivity index (χ3v) is 8.16. The summed E-state index contributed by atoms with van der Waals surface area (Å²) in [5, 5.41) is 0. The summed E-state index contributed by atoms with van der Waals surface area (Å²) < 4.78 is 24.7. The number of hydrogen-bond donors (Lipinski definition) is 0. The van der Waals surface area contributed by atoms with Crippen LogP contribution in [0.15, 0.2) is 48.5 Å². The highest BCUT2D eigenvalue weighted by molar-refractivity contribution is 5.87. The van der Waals surface area contributed by atoms with E-state index in [1.54, 1.807) is 12.1 Å². The van der Waals surface area contributed by atoms with Crippen molar-refractivity contribution in [3.63, 3.8) is 0 Å². The Balaban J connectivity index is 1.41. The number of rotatable bonds is 9. The van der Waals surface area contributed by atoms with Gasteiger partial charge in [-0.3, -0.25) is 9.78 Å². The summed E-state index contributed by atoms with van der Waals surface area (Å²) in [7, 11) is 0. The Kier molecular flexibility index (Phi) is 7.92. The number of anilines is 1. The molecule has 6 heteroatoms. The largest absolute Gasteiger partial charge is 0.493 e. The molecule has 0 N–H and O–H groups in total. The Morgan fingerprint density at radius 3 is 2.26 bits per heavy atom. The molecule has 1 saturated carbocycles. The quantitative estimate of drug-likeness (QED) is 0.279. The number of nitrogens with zero attached hydrogens (tertiary/aromatic N) is 2. The number of piperidine rings is 1. The molecule has 5 nitrogen and oxygen atoms in total. The smallest absolute Gasteiger partial charge is 0.310 e. The average Bonchev–Trinajstić information content (AvgIpc) is 3.66. The summed E-state index contributed by atoms with van der Waals surface area (Å²) in [5.74, 6) is 0.341. The fourth-order valence-electron chi connectivity index (χ4n) is 5.76. The molecule has 2 aromatic carbocycles. The van der Waals surface area contributed by atoms with Crippen molar-refractivity contribution >= 4 is 11.7 Å². The molecular formula is C33H39FN2O3. The predicted octanol–water partition coefficient (Wildman–Crippen LogP) is 7.00. The molecule has 2 fully saturated rings. The Morgan fingerprint density at radius 1 is 0.974 bits per heavy atom. The van der Waals surface area contributed by atoms with Crippen molar-refractivity contribution in [3.8, 4) is 16.9 Å². The molecule has 1 aliphatic heterocycles. The van der Waals surface area contributed by atoms with E-state index in [0.29, 0.717) is 18.4 Å². The van der Waals surface area contributed by atoms with Gasteiger partial charge in [0.25, 0.3) is 0 Å². The Bertz CT molecular complexity index is 1300. The van der Waals surface area contributed by atoms with Gasteiger partial charge in [0.1, 0.15) is 11.6 Å². The number of carbonyl (C=O) groups excluding carboxylic acids is 1. The lowest BCUT2D eigenvalue weighted by Gasteiger charge is -2.37. The number of esters is 1. The molecule has 2 heterocycles. The van der Waals surface area contributed by atoms with Crippen molar-refractivity contribution in [2.24, 2.45) is 5.41 Å². The number of hydrogen-bond acceptors (Lipinski definition) is 5. The third-order valence-electron chi connectivity index (χ3n) is 8.16. The monoisotopic (exact) mass is 530 g/mol. The number of benzene rings is 2. The summed E-state index contributed by atoms with van der Waals surface area (Å²) in [5.41, 5.74) is 7.67. The first-order valence-corrected chi connectivity index (χ1v) is 14.2. The molecule has 1 saturated heterocycles. The van der Waals surface area contributed by atoms with Crippen LogP contribution in [-0.4, -0.2) is 36.8 Å². The van der Waals surface area contributed by atoms with Crippen LogP contribution in [0.3, 0.4) is 0 Å². The lowest BCUT2D eigenvalue weighted by molar-refractivity contribution is -0.146. The molecule has 0 radical (unpaired) electrons. The van der Waals surface area contributed by atoms with Crippen LogP contribution in [0.2, 0.25) is 0 Å². The van der Waals surface area contributed by atoms with Crippen LogP contribution in [0.5, 0.6) is 5.75 Å². The van der Waals surface area contributed by atoms with E-state index in [2.05, 4.69) is 24.0 Å². The predicted molar refractivity (Wildman–Crippen MR) is 153 cm³/mol. The molecule has 2 aliphatic rings. The van der Waals surface area contributed by atoms with E-state index in [1.807, 2.05) is 32.9 Å². The zero-order valence-corrected chi connectivity index (χ0v) is 23.6. The highest BCUT2D eigenvalue weighted by Gasteiger charge is 2.45. The second-order valence-corrected chi connectivity index (χ2v) is 11.4. The van der Waals surface area contributed by atoms with Gasteiger partial charge in [0.2, 0.25) is 0 Å². The van der Waals surface area contributed by atoms with E-state index in [0.717, 1.165) is 58.2 Å². The first-order chi connectivity index (χ1) is 18.7. The van der Waals surface area contributed by atoms with Crippen molar-refractivity contribution in [3.05, 3.63) is 76.9 Å². The lowest BCUT2D eigenvalue weighted by Crippen LogP contribution is -2.36. The van der Waals surface area contributed by atoms with Gasteiger partial charge in [0.05, 0.1) is 24.8 Å². The van der Waals surface area contributed by atoms with Gasteiger partial charge in [-0.05, 0) is 94.2 Å². The SMILES string of the molecule is Cc1nc(C)c(-c2ccc(OCCc3ccc(F)cc3)cc2)c(N2CCC3(CC2)CC3)c1CC(=O)OC(C)C. The van der Waals surface area contributed by atoms with Gasteiger partial charge in [-0.1, -0.05) is 24.3 Å². The van der Waals surface area contributed by atoms with Crippen molar-refractivity contribution in [1.29, 1.82) is 0 Å². The summed E-state index contributed by atoms with van der Waals surface area (Å²) in [4.78, 5) is 20.2. The standard InChI is InChI=1S/C33H39FN2O3/c1-22(2)39-30(37)21-29-23(3)35-24(4)31(32(29)36-18-16-33(14-15-33)17-19-36)26-7-11-28(12-8-26)38-20-13-25-5-9-27(34)10-6-25/h5-12,22H,13-21H2,1-4H3. The highest BCUT2D eigenvalue weighted by Crippen LogP contribution is 2.54. The number of ether oxygens (including phenoxy) is 2. The van der Waals surface area contributed by atoms with Crippen LogP contribution in [-0.2, 0) is 22.4 Å². The maximum absolute atomic E-state index is 13.2. The molecule has 39 heavy (non-hydrogen) atoms. The second kappa shape index (κ2) is 11.4. The van der Waals surface area contributed by atoms with E-state index in [9.17, 15) is 9.18 Å². The van der Waals surface area contributed by atoms with Crippen LogP contribution in [0.4, 0.5) is 10.1 Å². The van der Waals surface area contributed by atoms with Gasteiger partial charge < -0.3 is 14.4 Å². The Hall–Kier alpha value is -3.41. The average molecular weight is 531 g/mol. The van der Waals surface area contributed by atoms with Gasteiger partial charge in [0.15, 0.2) is 0 Å². The molecular weight excluding hydrogens is 491 g/mol. The number of pyridine rings is 1. The molecule has 1 spiro atoms. The molecule has 0 atom stereocenters. The topological polar surface area (TPSA) is 51.7 Å². The van der Waals surface area contributed by atoms with Crippen LogP contribution in [0.25, 0.3) is 11.1 Å². The van der Waals surface area contributed by atoms with Gasteiger partial charge >= 0.3 is 5.97 Å². The summed E-state index contributed by atoms with van der Waals surface area (Å²) in [6, 6.07) is 14.7. The van der Waals surface area contributed by atoms with Gasteiger partial charge in [-0.2, -0.15) is 0 Å². The maximum atomic E-state index is 13.2. The zero-order chi connectivity index (χ0) is 27.6. The number of aromatic nitrogens is 1. The molecule has 1 aromatic heterocycles. The van der Waals surface area contributed by atoms with Crippen molar-refractivity contribution in [1.82, 2.24) is 4.98 Å². The summed E-state index contributed by atoms with van der Waals surface area (Å²) in [6.07, 6.45) is 5.86. The second-order valence-electron chi connectivity index (χ2n) is 11.4. The number of aryl methyl sites for hydroxylation is 2. The van der Waals surface area contributed by atoms with E-state index < -0.39 is 0 Å². The highest BCUT2D eigenvalue weighted by atomic mass is 19.1. The van der Waals surface area contributed by atoms with Crippen LogP contribution >= 0.6 is 0 Å². The van der Waals surface area contributed by atoms with Crippen LogP contribution < -0.4 is 9.64 Å². The molecule has 3 aromatic rings. The Labute approximate surface area is 231 Å². The third kappa shape index (κ3) is 6.43. The van der Waals surface area contributed by atoms with Crippen LogP contribution in [0, 0.1) is 25.1 Å². The van der Waals surface area contributed by atoms with E-state index in [1.165, 1.54) is 37.8 Å². The van der Waals surface area contributed by atoms with E-state index in [-0.39, 0.29) is 24.3 Å². The molecule has 206 valence electrons. The minimum atomic E-state index is -0.230. The zero-order valence-electron chi connectivity index (χ0n) is 23.6. The maximum Gasteiger partial charge on any atom is 0.310 e. The fourth-order valence-corrected chi connectivity index (χ4v) is 5.76. The first kappa shape index (κ1) is 27.2. The minimum absolute atomic E-state index is 0.153. The first-order valence-electron chi connectivity index (χ1n) is 14.2. The summed E-state index contributed by atoms with van der Waals surface area (Å²) in [6.45, 7) is 10.3. The molecule has 5 rings (SSSR count). The molecule has 1 aliphatic carbocycles. The van der Waals surface area contributed by atoms with Gasteiger partial charge in [-0.25, -0.2) is 4.39 Å². The summed E-state index contributed by atoms with van der Waals surface area (Å²) >= 11 is 0.